The zero-order valence-corrected chi connectivity index (χ0v) is 13.6. The lowest BCUT2D eigenvalue weighted by Crippen LogP contribution is -2.23. The largest absolute Gasteiger partial charge is 0.383 e. The summed E-state index contributed by atoms with van der Waals surface area (Å²) in [5.41, 5.74) is 0.847. The van der Waals surface area contributed by atoms with E-state index in [0.29, 0.717) is 6.54 Å². The van der Waals surface area contributed by atoms with Crippen LogP contribution in [-0.2, 0) is 6.54 Å². The van der Waals surface area contributed by atoms with Crippen molar-refractivity contribution in [1.29, 1.82) is 0 Å². The third-order valence-electron chi connectivity index (χ3n) is 3.61. The summed E-state index contributed by atoms with van der Waals surface area (Å²) in [7, 11) is 0. The molecule has 0 bridgehead atoms. The lowest BCUT2D eigenvalue weighted by Gasteiger charge is -2.08. The van der Waals surface area contributed by atoms with Crippen LogP contribution >= 0.6 is 11.3 Å². The first kappa shape index (κ1) is 16.4. The number of halogens is 1. The number of amides is 1. The second-order valence-electron chi connectivity index (χ2n) is 5.28. The fourth-order valence-corrected chi connectivity index (χ4v) is 3.31. The van der Waals surface area contributed by atoms with Gasteiger partial charge in [0, 0.05) is 9.75 Å². The summed E-state index contributed by atoms with van der Waals surface area (Å²) >= 11 is 1.42. The van der Waals surface area contributed by atoms with Crippen molar-refractivity contribution in [2.24, 2.45) is 0 Å². The van der Waals surface area contributed by atoms with Crippen molar-refractivity contribution in [3.63, 3.8) is 0 Å². The first-order valence-electron chi connectivity index (χ1n) is 7.49. The maximum Gasteiger partial charge on any atom is 0.254 e. The van der Waals surface area contributed by atoms with E-state index in [4.69, 9.17) is 0 Å². The van der Waals surface area contributed by atoms with Gasteiger partial charge in [-0.05, 0) is 29.8 Å². The molecule has 5 heteroatoms. The van der Waals surface area contributed by atoms with Crippen LogP contribution in [0.15, 0.2) is 66.7 Å². The third-order valence-corrected chi connectivity index (χ3v) is 4.75. The fraction of sp³-hybridized carbons (Fsp3) is 0.105. The van der Waals surface area contributed by atoms with E-state index in [1.807, 2.05) is 42.5 Å². The van der Waals surface area contributed by atoms with Crippen LogP contribution in [0, 0.1) is 5.82 Å². The van der Waals surface area contributed by atoms with Gasteiger partial charge >= 0.3 is 0 Å². The van der Waals surface area contributed by atoms with Gasteiger partial charge in [-0.2, -0.15) is 0 Å². The van der Waals surface area contributed by atoms with Crippen LogP contribution in [0.3, 0.4) is 0 Å². The molecule has 0 aliphatic rings. The Balaban J connectivity index is 1.64. The number of thiophene rings is 1. The quantitative estimate of drug-likeness (QED) is 0.739. The van der Waals surface area contributed by atoms with Crippen LogP contribution in [0.2, 0.25) is 0 Å². The highest BCUT2D eigenvalue weighted by Gasteiger charge is 2.14. The Kier molecular flexibility index (Phi) is 5.03. The standard InChI is InChI=1S/C19H16FNO2S/c20-16-9-5-4-8-15(16)19(23)21-12-14-10-11-17(24-14)18(22)13-6-2-1-3-7-13/h1-11,18,22H,12H2,(H,21,23)/t18-/m1/s1. The molecule has 24 heavy (non-hydrogen) atoms. The molecule has 3 aromatic rings. The van der Waals surface area contributed by atoms with E-state index in [-0.39, 0.29) is 5.56 Å². The molecule has 0 radical (unpaired) electrons. The Morgan fingerprint density at radius 1 is 1.04 bits per heavy atom. The molecule has 122 valence electrons. The number of nitrogens with one attached hydrogen (secondary N) is 1. The zero-order valence-electron chi connectivity index (χ0n) is 12.8. The van der Waals surface area contributed by atoms with Gasteiger partial charge in [-0.1, -0.05) is 42.5 Å². The van der Waals surface area contributed by atoms with Gasteiger partial charge < -0.3 is 10.4 Å². The minimum absolute atomic E-state index is 0.0265. The Morgan fingerprint density at radius 2 is 1.75 bits per heavy atom. The second-order valence-corrected chi connectivity index (χ2v) is 6.48. The van der Waals surface area contributed by atoms with E-state index in [9.17, 15) is 14.3 Å². The van der Waals surface area contributed by atoms with Crippen LogP contribution in [0.4, 0.5) is 4.39 Å². The van der Waals surface area contributed by atoms with E-state index >= 15 is 0 Å². The van der Waals surface area contributed by atoms with Crippen LogP contribution in [0.25, 0.3) is 0 Å². The molecular formula is C19H16FNO2S. The van der Waals surface area contributed by atoms with Crippen LogP contribution in [0.1, 0.15) is 31.8 Å². The minimum atomic E-state index is -0.688. The number of aliphatic hydroxyl groups is 1. The molecule has 0 spiro atoms. The average molecular weight is 341 g/mol. The van der Waals surface area contributed by atoms with Crippen molar-refractivity contribution in [3.8, 4) is 0 Å². The predicted molar refractivity (Wildman–Crippen MR) is 92.4 cm³/mol. The summed E-state index contributed by atoms with van der Waals surface area (Å²) in [5, 5.41) is 13.1. The average Bonchev–Trinajstić information content (AvgIpc) is 3.09. The SMILES string of the molecule is O=C(NCc1ccc([C@H](O)c2ccccc2)s1)c1ccccc1F. The summed E-state index contributed by atoms with van der Waals surface area (Å²) in [4.78, 5) is 13.7. The van der Waals surface area contributed by atoms with E-state index in [1.54, 1.807) is 12.1 Å². The molecular weight excluding hydrogens is 325 g/mol. The van der Waals surface area contributed by atoms with Crippen molar-refractivity contribution in [2.45, 2.75) is 12.6 Å². The molecule has 3 rings (SSSR count). The third kappa shape index (κ3) is 3.69. The second kappa shape index (κ2) is 7.38. The number of rotatable bonds is 5. The molecule has 1 atom stereocenters. The van der Waals surface area contributed by atoms with Gasteiger partial charge in [-0.3, -0.25) is 4.79 Å². The highest BCUT2D eigenvalue weighted by molar-refractivity contribution is 7.12. The molecule has 0 saturated heterocycles. The van der Waals surface area contributed by atoms with Gasteiger partial charge in [0.2, 0.25) is 0 Å². The summed E-state index contributed by atoms with van der Waals surface area (Å²) in [6.07, 6.45) is -0.688. The van der Waals surface area contributed by atoms with Gasteiger partial charge in [0.1, 0.15) is 11.9 Å². The number of carbonyl (C=O) groups excluding carboxylic acids is 1. The molecule has 2 aromatic carbocycles. The van der Waals surface area contributed by atoms with Crippen molar-refractivity contribution in [1.82, 2.24) is 5.32 Å². The first-order chi connectivity index (χ1) is 11.6. The Bertz CT molecular complexity index is 832. The van der Waals surface area contributed by atoms with Gasteiger partial charge in [-0.15, -0.1) is 11.3 Å². The van der Waals surface area contributed by atoms with E-state index in [2.05, 4.69) is 5.32 Å². The van der Waals surface area contributed by atoms with Gasteiger partial charge in [0.15, 0.2) is 0 Å². The molecule has 0 saturated carbocycles. The smallest absolute Gasteiger partial charge is 0.254 e. The van der Waals surface area contributed by atoms with Gasteiger partial charge in [0.05, 0.1) is 12.1 Å². The molecule has 1 amide bonds. The normalized spacial score (nSPS) is 11.9. The molecule has 1 aromatic heterocycles. The summed E-state index contributed by atoms with van der Waals surface area (Å²) in [6, 6.07) is 18.9. The molecule has 0 aliphatic carbocycles. The topological polar surface area (TPSA) is 49.3 Å². The predicted octanol–water partition coefficient (Wildman–Crippen LogP) is 3.90. The van der Waals surface area contributed by atoms with Crippen molar-refractivity contribution < 1.29 is 14.3 Å². The van der Waals surface area contributed by atoms with E-state index < -0.39 is 17.8 Å². The number of hydrogen-bond donors (Lipinski definition) is 2. The molecule has 3 nitrogen and oxygen atoms in total. The summed E-state index contributed by atoms with van der Waals surface area (Å²) < 4.78 is 13.6. The van der Waals surface area contributed by atoms with E-state index in [1.165, 1.54) is 23.5 Å². The molecule has 2 N–H and O–H groups in total. The zero-order chi connectivity index (χ0) is 16.9. The van der Waals surface area contributed by atoms with Crippen molar-refractivity contribution in [2.75, 3.05) is 0 Å². The lowest BCUT2D eigenvalue weighted by atomic mass is 10.1. The molecule has 1 heterocycles. The Morgan fingerprint density at radius 3 is 2.50 bits per heavy atom. The minimum Gasteiger partial charge on any atom is -0.383 e. The van der Waals surface area contributed by atoms with Crippen LogP contribution in [-0.4, -0.2) is 11.0 Å². The fourth-order valence-electron chi connectivity index (χ4n) is 2.34. The lowest BCUT2D eigenvalue weighted by molar-refractivity contribution is 0.0947. The maximum atomic E-state index is 13.6. The van der Waals surface area contributed by atoms with E-state index in [0.717, 1.165) is 15.3 Å². The van der Waals surface area contributed by atoms with Crippen LogP contribution < -0.4 is 5.32 Å². The first-order valence-corrected chi connectivity index (χ1v) is 8.31. The maximum absolute atomic E-state index is 13.6. The number of aliphatic hydroxyl groups excluding tert-OH is 1. The Hall–Kier alpha value is -2.50. The molecule has 0 aliphatic heterocycles. The summed E-state index contributed by atoms with van der Waals surface area (Å²) in [6.45, 7) is 0.291. The van der Waals surface area contributed by atoms with Gasteiger partial charge in [-0.25, -0.2) is 4.39 Å². The molecule has 0 unspecified atom stereocenters. The van der Waals surface area contributed by atoms with Gasteiger partial charge in [0.25, 0.3) is 5.91 Å². The number of hydrogen-bond acceptors (Lipinski definition) is 3. The monoisotopic (exact) mass is 341 g/mol. The van der Waals surface area contributed by atoms with Crippen molar-refractivity contribution in [3.05, 3.63) is 93.4 Å². The number of benzene rings is 2. The highest BCUT2D eigenvalue weighted by Crippen LogP contribution is 2.28. The van der Waals surface area contributed by atoms with Crippen molar-refractivity contribution >= 4 is 17.2 Å². The molecule has 0 fully saturated rings. The Labute approximate surface area is 143 Å². The highest BCUT2D eigenvalue weighted by atomic mass is 32.1. The van der Waals surface area contributed by atoms with Crippen LogP contribution in [0.5, 0.6) is 0 Å². The number of carbonyl (C=O) groups is 1. The summed E-state index contributed by atoms with van der Waals surface area (Å²) in [5.74, 6) is -0.993.